The Balaban J connectivity index is 2.42. The van der Waals surface area contributed by atoms with Gasteiger partial charge in [0.2, 0.25) is 0 Å². The first-order chi connectivity index (χ1) is 9.83. The summed E-state index contributed by atoms with van der Waals surface area (Å²) in [5, 5.41) is 0. The molecule has 0 aromatic heterocycles. The SMILES string of the molecule is [2H]C1([2H])C2=Nc3ccccc3C2([2H])C([2H])([2H])C([2H])([2H])C1([2H])[2H]. The quantitative estimate of drug-likeness (QED) is 0.580. The van der Waals surface area contributed by atoms with Crippen LogP contribution in [0, 0.1) is 0 Å². The molecule has 66 valence electrons. The molecule has 1 aromatic rings. The highest BCUT2D eigenvalue weighted by Gasteiger charge is 2.28. The third-order valence-electron chi connectivity index (χ3n) is 2.07. The second kappa shape index (κ2) is 2.69. The highest BCUT2D eigenvalue weighted by Crippen LogP contribution is 2.41. The smallest absolute Gasteiger partial charge is 0.0667 e. The maximum Gasteiger partial charge on any atom is 0.0667 e. The first-order valence-electron chi connectivity index (χ1n) is 8.52. The van der Waals surface area contributed by atoms with Gasteiger partial charge in [-0.1, -0.05) is 24.6 Å². The summed E-state index contributed by atoms with van der Waals surface area (Å²) in [7, 11) is 0. The Hall–Kier alpha value is -1.11. The van der Waals surface area contributed by atoms with Crippen LogP contribution in [0.4, 0.5) is 5.69 Å². The van der Waals surface area contributed by atoms with E-state index in [9.17, 15) is 0 Å². The van der Waals surface area contributed by atoms with Gasteiger partial charge in [0.15, 0.2) is 0 Å². The second-order valence-electron chi connectivity index (χ2n) is 2.85. The minimum absolute atomic E-state index is 0.0539. The molecule has 1 atom stereocenters. The molecule has 1 heterocycles. The van der Waals surface area contributed by atoms with E-state index < -0.39 is 37.1 Å². The predicted molar refractivity (Wildman–Crippen MR) is 54.7 cm³/mol. The van der Waals surface area contributed by atoms with Crippen molar-refractivity contribution in [3.05, 3.63) is 29.8 Å². The van der Waals surface area contributed by atoms with Crippen LogP contribution in [0.25, 0.3) is 0 Å². The van der Waals surface area contributed by atoms with Crippen LogP contribution in [0.5, 0.6) is 0 Å². The summed E-state index contributed by atoms with van der Waals surface area (Å²) < 4.78 is 72.4. The van der Waals surface area contributed by atoms with Crippen LogP contribution >= 0.6 is 0 Å². The van der Waals surface area contributed by atoms with E-state index in [2.05, 4.69) is 4.99 Å². The van der Waals surface area contributed by atoms with Gasteiger partial charge < -0.3 is 0 Å². The summed E-state index contributed by atoms with van der Waals surface area (Å²) in [5.41, 5.74) is -0.390. The average molecular weight is 180 g/mol. The Kier molecular flexibility index (Phi) is 0.557. The minimum Gasteiger partial charge on any atom is -0.257 e. The molecule has 1 nitrogen and oxygen atoms in total. The first kappa shape index (κ1) is 2.69. The Morgan fingerprint density at radius 1 is 1.38 bits per heavy atom. The van der Waals surface area contributed by atoms with Crippen molar-refractivity contribution in [1.82, 2.24) is 0 Å². The lowest BCUT2D eigenvalue weighted by molar-refractivity contribution is 0.621. The molecule has 0 radical (unpaired) electrons. The van der Waals surface area contributed by atoms with Gasteiger partial charge in [-0.05, 0) is 30.7 Å². The number of benzene rings is 1. The van der Waals surface area contributed by atoms with Crippen molar-refractivity contribution in [3.63, 3.8) is 0 Å². The molecule has 2 aliphatic rings. The molecule has 1 saturated carbocycles. The summed E-state index contributed by atoms with van der Waals surface area (Å²) >= 11 is 0. The lowest BCUT2D eigenvalue weighted by atomic mass is 9.84. The molecule has 0 amide bonds. The van der Waals surface area contributed by atoms with E-state index >= 15 is 0 Å². The number of hydrogen-bond donors (Lipinski definition) is 0. The molecular weight excluding hydrogens is 158 g/mol. The molecule has 1 aliphatic carbocycles. The van der Waals surface area contributed by atoms with E-state index in [-0.39, 0.29) is 11.3 Å². The van der Waals surface area contributed by atoms with Crippen molar-refractivity contribution >= 4 is 11.4 Å². The summed E-state index contributed by atoms with van der Waals surface area (Å²) in [4.78, 5) is 3.96. The number of aliphatic imine (C=N–C) groups is 1. The standard InChI is InChI=1S/C12H13N/c1-3-7-11-9(5-1)10-6-2-4-8-12(10)13-11/h1,3,5,7,10H,2,4,6,8H2/i2D2,4D2,6D2,8D2,10D. The van der Waals surface area contributed by atoms with E-state index in [1.54, 1.807) is 6.07 Å². The number of para-hydroxylation sites is 1. The van der Waals surface area contributed by atoms with Crippen LogP contribution in [-0.2, 0) is 0 Å². The minimum atomic E-state index is -3.22. The van der Waals surface area contributed by atoms with Crippen molar-refractivity contribution in [2.24, 2.45) is 4.99 Å². The first-order valence-corrected chi connectivity index (χ1v) is 4.02. The fourth-order valence-corrected chi connectivity index (χ4v) is 1.49. The van der Waals surface area contributed by atoms with Gasteiger partial charge in [-0.15, -0.1) is 0 Å². The Labute approximate surface area is 91.1 Å². The molecule has 0 spiro atoms. The molecule has 1 unspecified atom stereocenters. The predicted octanol–water partition coefficient (Wildman–Crippen LogP) is 3.43. The van der Waals surface area contributed by atoms with Gasteiger partial charge in [-0.3, -0.25) is 4.99 Å². The van der Waals surface area contributed by atoms with Crippen molar-refractivity contribution in [3.8, 4) is 0 Å². The fraction of sp³-hybridized carbons (Fsp3) is 0.417. The van der Waals surface area contributed by atoms with Gasteiger partial charge in [0.05, 0.1) is 5.69 Å². The molecule has 1 aliphatic heterocycles. The van der Waals surface area contributed by atoms with Gasteiger partial charge in [0, 0.05) is 23.9 Å². The topological polar surface area (TPSA) is 12.4 Å². The molecule has 1 fully saturated rings. The zero-order valence-electron chi connectivity index (χ0n) is 15.8. The average Bonchev–Trinajstić information content (AvgIpc) is 2.73. The van der Waals surface area contributed by atoms with Crippen LogP contribution in [-0.4, -0.2) is 5.71 Å². The largest absolute Gasteiger partial charge is 0.257 e. The Morgan fingerprint density at radius 2 is 2.31 bits per heavy atom. The molecular formula is C12H13N. The number of hydrogen-bond acceptors (Lipinski definition) is 1. The van der Waals surface area contributed by atoms with Crippen molar-refractivity contribution in [2.45, 2.75) is 31.4 Å². The van der Waals surface area contributed by atoms with E-state index in [0.29, 0.717) is 0 Å². The summed E-state index contributed by atoms with van der Waals surface area (Å²) in [6.07, 6.45) is -12.3. The van der Waals surface area contributed by atoms with Crippen LogP contribution in [0.3, 0.4) is 0 Å². The number of fused-ring (bicyclic) bond motifs is 3. The van der Waals surface area contributed by atoms with Gasteiger partial charge in [-0.2, -0.15) is 0 Å². The van der Waals surface area contributed by atoms with Gasteiger partial charge in [-0.25, -0.2) is 0 Å². The maximum absolute atomic E-state index is 8.56. The van der Waals surface area contributed by atoms with Crippen molar-refractivity contribution < 1.29 is 12.3 Å². The normalized spacial score (nSPS) is 56.3. The molecule has 3 rings (SSSR count). The summed E-state index contributed by atoms with van der Waals surface area (Å²) in [5.74, 6) is -2.41. The third kappa shape index (κ3) is 1.03. The maximum atomic E-state index is 8.56. The van der Waals surface area contributed by atoms with Crippen LogP contribution < -0.4 is 0 Å². The molecule has 13 heavy (non-hydrogen) atoms. The summed E-state index contributed by atoms with van der Waals surface area (Å²) in [6.45, 7) is 0. The third-order valence-corrected chi connectivity index (χ3v) is 2.07. The lowest BCUT2D eigenvalue weighted by Gasteiger charge is -2.19. The zero-order chi connectivity index (χ0) is 16.8. The Morgan fingerprint density at radius 3 is 3.31 bits per heavy atom. The Bertz CT molecular complexity index is 694. The van der Waals surface area contributed by atoms with Crippen LogP contribution in [0.15, 0.2) is 29.3 Å². The summed E-state index contributed by atoms with van der Waals surface area (Å²) in [6, 6.07) is 6.02. The number of rotatable bonds is 0. The molecule has 1 aromatic carbocycles. The van der Waals surface area contributed by atoms with E-state index in [4.69, 9.17) is 12.3 Å². The fourth-order valence-electron chi connectivity index (χ4n) is 1.49. The highest BCUT2D eigenvalue weighted by atomic mass is 14.8. The monoisotopic (exact) mass is 180 g/mol. The van der Waals surface area contributed by atoms with Crippen LogP contribution in [0.1, 0.15) is 49.3 Å². The molecule has 0 saturated heterocycles. The zero-order valence-corrected chi connectivity index (χ0v) is 6.76. The van der Waals surface area contributed by atoms with Gasteiger partial charge in [0.1, 0.15) is 0 Å². The molecule has 0 bridgehead atoms. The van der Waals surface area contributed by atoms with E-state index in [0.717, 1.165) is 0 Å². The second-order valence-corrected chi connectivity index (χ2v) is 2.85. The van der Waals surface area contributed by atoms with Gasteiger partial charge in [0.25, 0.3) is 0 Å². The molecule has 1 heteroatoms. The van der Waals surface area contributed by atoms with Crippen molar-refractivity contribution in [2.75, 3.05) is 0 Å². The number of nitrogens with zero attached hydrogens (tertiary/aromatic N) is 1. The highest BCUT2D eigenvalue weighted by molar-refractivity contribution is 5.98. The van der Waals surface area contributed by atoms with Crippen LogP contribution in [0.2, 0.25) is 0 Å². The van der Waals surface area contributed by atoms with E-state index in [1.807, 2.05) is 0 Å². The molecule has 0 N–H and O–H groups in total. The van der Waals surface area contributed by atoms with Gasteiger partial charge >= 0.3 is 0 Å². The van der Waals surface area contributed by atoms with Crippen molar-refractivity contribution in [1.29, 1.82) is 0 Å². The lowest BCUT2D eigenvalue weighted by Crippen LogP contribution is -2.13. The van der Waals surface area contributed by atoms with E-state index in [1.165, 1.54) is 18.2 Å².